The zero-order chi connectivity index (χ0) is 14.3. The van der Waals surface area contributed by atoms with Crippen LogP contribution in [0.3, 0.4) is 0 Å². The van der Waals surface area contributed by atoms with Gasteiger partial charge in [0.2, 0.25) is 0 Å². The topological polar surface area (TPSA) is 12.5 Å². The Kier molecular flexibility index (Phi) is 5.94. The molecule has 102 valence electrons. The first kappa shape index (κ1) is 15.1. The van der Waals surface area contributed by atoms with Crippen LogP contribution in [0.5, 0.6) is 5.75 Å². The van der Waals surface area contributed by atoms with Crippen molar-refractivity contribution in [1.82, 2.24) is 0 Å². The molecule has 1 rings (SSSR count). The summed E-state index contributed by atoms with van der Waals surface area (Å²) >= 11 is 0. The quantitative estimate of drug-likeness (QED) is 0.550. The molecule has 0 aliphatic rings. The van der Waals surface area contributed by atoms with Crippen molar-refractivity contribution in [1.29, 1.82) is 0 Å². The molecule has 0 spiro atoms. The van der Waals surface area contributed by atoms with E-state index in [9.17, 15) is 0 Å². The van der Waals surface area contributed by atoms with Gasteiger partial charge in [0.05, 0.1) is 7.11 Å². The van der Waals surface area contributed by atoms with E-state index in [2.05, 4.69) is 49.7 Å². The molecule has 0 N–H and O–H groups in total. The van der Waals surface area contributed by atoms with Gasteiger partial charge in [0.1, 0.15) is 5.75 Å². The second-order valence-corrected chi connectivity index (χ2v) is 4.38. The minimum absolute atomic E-state index is 0.872. The maximum absolute atomic E-state index is 5.30. The first-order valence-electron chi connectivity index (χ1n) is 6.45. The smallest absolute Gasteiger partial charge is 0.120 e. The molecule has 0 amide bonds. The summed E-state index contributed by atoms with van der Waals surface area (Å²) in [6.07, 6.45) is 8.95. The molecule has 1 aromatic rings. The lowest BCUT2D eigenvalue weighted by Gasteiger charge is -2.24. The van der Waals surface area contributed by atoms with Gasteiger partial charge in [0, 0.05) is 30.9 Å². The van der Waals surface area contributed by atoms with Crippen LogP contribution in [0.4, 0.5) is 5.69 Å². The molecule has 0 aliphatic heterocycles. The fourth-order valence-electron chi connectivity index (χ4n) is 1.92. The number of rotatable bonds is 6. The Bertz CT molecular complexity index is 486. The SMILES string of the molecule is C=C/C=C(\C/C=C\C)N(C)c1cc(OC)ccc1C. The highest BCUT2D eigenvalue weighted by Gasteiger charge is 2.09. The van der Waals surface area contributed by atoms with Crippen molar-refractivity contribution in [2.75, 3.05) is 19.1 Å². The van der Waals surface area contributed by atoms with Gasteiger partial charge in [-0.3, -0.25) is 0 Å². The van der Waals surface area contributed by atoms with Crippen LogP contribution in [0.25, 0.3) is 0 Å². The van der Waals surface area contributed by atoms with E-state index in [1.165, 1.54) is 11.3 Å². The molecule has 2 heteroatoms. The highest BCUT2D eigenvalue weighted by atomic mass is 16.5. The monoisotopic (exact) mass is 257 g/mol. The minimum atomic E-state index is 0.872. The first-order chi connectivity index (χ1) is 9.13. The summed E-state index contributed by atoms with van der Waals surface area (Å²) in [6.45, 7) is 7.92. The van der Waals surface area contributed by atoms with Gasteiger partial charge in [0.25, 0.3) is 0 Å². The summed E-state index contributed by atoms with van der Waals surface area (Å²) < 4.78 is 5.30. The molecule has 0 bridgehead atoms. The van der Waals surface area contributed by atoms with E-state index in [4.69, 9.17) is 4.74 Å². The summed E-state index contributed by atoms with van der Waals surface area (Å²) in [4.78, 5) is 2.18. The summed E-state index contributed by atoms with van der Waals surface area (Å²) in [7, 11) is 3.76. The lowest BCUT2D eigenvalue weighted by Crippen LogP contribution is -2.17. The molecule has 0 aliphatic carbocycles. The van der Waals surface area contributed by atoms with Gasteiger partial charge in [-0.05, 0) is 31.6 Å². The molecular formula is C17H23NO. The number of allylic oxidation sites excluding steroid dienone is 4. The molecule has 2 nitrogen and oxygen atoms in total. The third-order valence-corrected chi connectivity index (χ3v) is 3.08. The Morgan fingerprint density at radius 1 is 1.42 bits per heavy atom. The predicted octanol–water partition coefficient (Wildman–Crippen LogP) is 4.48. The molecule has 0 atom stereocenters. The van der Waals surface area contributed by atoms with Crippen LogP contribution in [-0.4, -0.2) is 14.2 Å². The van der Waals surface area contributed by atoms with Crippen LogP contribution in [0.1, 0.15) is 18.9 Å². The Morgan fingerprint density at radius 3 is 2.74 bits per heavy atom. The Balaban J connectivity index is 3.11. The summed E-state index contributed by atoms with van der Waals surface area (Å²) in [5.41, 5.74) is 3.57. The number of ether oxygens (including phenoxy) is 1. The van der Waals surface area contributed by atoms with E-state index in [1.807, 2.05) is 25.1 Å². The molecule has 0 heterocycles. The van der Waals surface area contributed by atoms with E-state index < -0.39 is 0 Å². The lowest BCUT2D eigenvalue weighted by molar-refractivity contribution is 0.415. The van der Waals surface area contributed by atoms with Crippen molar-refractivity contribution in [2.24, 2.45) is 0 Å². The van der Waals surface area contributed by atoms with Gasteiger partial charge in [-0.25, -0.2) is 0 Å². The first-order valence-corrected chi connectivity index (χ1v) is 6.45. The van der Waals surface area contributed by atoms with Crippen molar-refractivity contribution >= 4 is 5.69 Å². The van der Waals surface area contributed by atoms with E-state index >= 15 is 0 Å². The van der Waals surface area contributed by atoms with Crippen molar-refractivity contribution < 1.29 is 4.74 Å². The number of benzene rings is 1. The maximum Gasteiger partial charge on any atom is 0.120 e. The lowest BCUT2D eigenvalue weighted by atomic mass is 10.1. The van der Waals surface area contributed by atoms with Crippen LogP contribution in [-0.2, 0) is 0 Å². The van der Waals surface area contributed by atoms with Gasteiger partial charge < -0.3 is 9.64 Å². The van der Waals surface area contributed by atoms with Crippen LogP contribution in [0, 0.1) is 6.92 Å². The molecule has 0 saturated heterocycles. The highest BCUT2D eigenvalue weighted by molar-refractivity contribution is 5.60. The van der Waals surface area contributed by atoms with E-state index in [-0.39, 0.29) is 0 Å². The summed E-state index contributed by atoms with van der Waals surface area (Å²) in [5, 5.41) is 0. The molecule has 0 unspecified atom stereocenters. The van der Waals surface area contributed by atoms with Gasteiger partial charge in [0.15, 0.2) is 0 Å². The van der Waals surface area contributed by atoms with Crippen LogP contribution < -0.4 is 9.64 Å². The average molecular weight is 257 g/mol. The molecule has 0 radical (unpaired) electrons. The summed E-state index contributed by atoms with van der Waals surface area (Å²) in [5.74, 6) is 0.872. The second kappa shape index (κ2) is 7.47. The van der Waals surface area contributed by atoms with Crippen molar-refractivity contribution in [2.45, 2.75) is 20.3 Å². The average Bonchev–Trinajstić information content (AvgIpc) is 2.43. The summed E-state index contributed by atoms with van der Waals surface area (Å²) in [6, 6.07) is 6.11. The molecule has 0 aromatic heterocycles. The second-order valence-electron chi connectivity index (χ2n) is 4.38. The van der Waals surface area contributed by atoms with Crippen LogP contribution in [0.15, 0.2) is 54.8 Å². The largest absolute Gasteiger partial charge is 0.497 e. The normalized spacial score (nSPS) is 11.7. The molecule has 0 saturated carbocycles. The minimum Gasteiger partial charge on any atom is -0.497 e. The van der Waals surface area contributed by atoms with Gasteiger partial charge in [-0.2, -0.15) is 0 Å². The third-order valence-electron chi connectivity index (χ3n) is 3.08. The molecular weight excluding hydrogens is 234 g/mol. The van der Waals surface area contributed by atoms with E-state index in [0.717, 1.165) is 17.9 Å². The Hall–Kier alpha value is -1.96. The van der Waals surface area contributed by atoms with E-state index in [0.29, 0.717) is 0 Å². The van der Waals surface area contributed by atoms with Crippen molar-refractivity contribution in [3.8, 4) is 5.75 Å². The fraction of sp³-hybridized carbons (Fsp3) is 0.294. The number of methoxy groups -OCH3 is 1. The van der Waals surface area contributed by atoms with Gasteiger partial charge in [-0.15, -0.1) is 0 Å². The molecule has 0 fully saturated rings. The van der Waals surface area contributed by atoms with Crippen LogP contribution in [0.2, 0.25) is 0 Å². The Morgan fingerprint density at radius 2 is 2.16 bits per heavy atom. The standard InChI is InChI=1S/C17H23NO/c1-6-8-10-15(9-7-2)18(4)17-13-16(19-5)12-11-14(17)3/h6-9,11-13H,2,10H2,1,3-5H3/b8-6-,15-9+. The van der Waals surface area contributed by atoms with Crippen molar-refractivity contribution in [3.05, 3.63) is 60.3 Å². The molecule has 1 aromatic carbocycles. The van der Waals surface area contributed by atoms with Crippen molar-refractivity contribution in [3.63, 3.8) is 0 Å². The fourth-order valence-corrected chi connectivity index (χ4v) is 1.92. The number of hydrogen-bond donors (Lipinski definition) is 0. The highest BCUT2D eigenvalue weighted by Crippen LogP contribution is 2.28. The predicted molar refractivity (Wildman–Crippen MR) is 83.8 cm³/mol. The molecule has 19 heavy (non-hydrogen) atoms. The van der Waals surface area contributed by atoms with E-state index in [1.54, 1.807) is 7.11 Å². The zero-order valence-electron chi connectivity index (χ0n) is 12.3. The number of hydrogen-bond acceptors (Lipinski definition) is 2. The maximum atomic E-state index is 5.30. The number of nitrogens with zero attached hydrogens (tertiary/aromatic N) is 1. The third kappa shape index (κ3) is 4.02. The number of aryl methyl sites for hydroxylation is 1. The number of anilines is 1. The zero-order valence-corrected chi connectivity index (χ0v) is 12.3. The van der Waals surface area contributed by atoms with Crippen LogP contribution >= 0.6 is 0 Å². The van der Waals surface area contributed by atoms with Gasteiger partial charge >= 0.3 is 0 Å². The van der Waals surface area contributed by atoms with Gasteiger partial charge in [-0.1, -0.05) is 30.9 Å². The Labute approximate surface area is 116 Å².